The van der Waals surface area contributed by atoms with E-state index in [-0.39, 0.29) is 11.4 Å². The SMILES string of the molecule is O=[N+]([O-])c1ccc([N-][n+]2ccc3ccccc3c2)c([N+](=O)[O-])c1. The van der Waals surface area contributed by atoms with Crippen LogP contribution in [0.2, 0.25) is 0 Å². The number of nitrogens with zero attached hydrogens (tertiary/aromatic N) is 4. The molecule has 0 aliphatic carbocycles. The van der Waals surface area contributed by atoms with Gasteiger partial charge in [0.1, 0.15) is 0 Å². The summed E-state index contributed by atoms with van der Waals surface area (Å²) in [7, 11) is 0. The normalized spacial score (nSPS) is 10.4. The van der Waals surface area contributed by atoms with Gasteiger partial charge >= 0.3 is 0 Å². The lowest BCUT2D eigenvalue weighted by Crippen LogP contribution is -2.26. The second-order valence-corrected chi connectivity index (χ2v) is 4.74. The van der Waals surface area contributed by atoms with Gasteiger partial charge in [-0.1, -0.05) is 24.3 Å². The van der Waals surface area contributed by atoms with Gasteiger partial charge in [0, 0.05) is 17.5 Å². The zero-order chi connectivity index (χ0) is 16.4. The van der Waals surface area contributed by atoms with E-state index < -0.39 is 15.5 Å². The van der Waals surface area contributed by atoms with Gasteiger partial charge in [-0.3, -0.25) is 20.2 Å². The fourth-order valence-corrected chi connectivity index (χ4v) is 2.17. The maximum Gasteiger partial charge on any atom is 0.276 e. The summed E-state index contributed by atoms with van der Waals surface area (Å²) in [5, 5.41) is 23.8. The van der Waals surface area contributed by atoms with Crippen LogP contribution in [0.3, 0.4) is 0 Å². The van der Waals surface area contributed by atoms with Crippen LogP contribution in [0.1, 0.15) is 0 Å². The van der Waals surface area contributed by atoms with Crippen LogP contribution < -0.4 is 4.68 Å². The highest BCUT2D eigenvalue weighted by Crippen LogP contribution is 2.32. The van der Waals surface area contributed by atoms with Crippen molar-refractivity contribution in [3.8, 4) is 0 Å². The maximum atomic E-state index is 11.1. The Morgan fingerprint density at radius 2 is 1.65 bits per heavy atom. The van der Waals surface area contributed by atoms with Crippen LogP contribution in [0.4, 0.5) is 17.1 Å². The van der Waals surface area contributed by atoms with E-state index in [0.717, 1.165) is 16.8 Å². The molecule has 0 radical (unpaired) electrons. The Hall–Kier alpha value is -3.55. The number of fused-ring (bicyclic) bond motifs is 1. The Kier molecular flexibility index (Phi) is 3.55. The number of rotatable bonds is 4. The zero-order valence-electron chi connectivity index (χ0n) is 11.7. The lowest BCUT2D eigenvalue weighted by Gasteiger charge is -2.14. The second-order valence-electron chi connectivity index (χ2n) is 4.74. The van der Waals surface area contributed by atoms with E-state index in [1.165, 1.54) is 16.8 Å². The smallest absolute Gasteiger partial charge is 0.276 e. The molecule has 0 atom stereocenters. The quantitative estimate of drug-likeness (QED) is 0.418. The van der Waals surface area contributed by atoms with Crippen LogP contribution >= 0.6 is 0 Å². The van der Waals surface area contributed by atoms with Gasteiger partial charge in [-0.15, -0.1) is 0 Å². The van der Waals surface area contributed by atoms with Crippen molar-refractivity contribution in [2.45, 2.75) is 0 Å². The van der Waals surface area contributed by atoms with Gasteiger partial charge in [0.2, 0.25) is 0 Å². The predicted octanol–water partition coefficient (Wildman–Crippen LogP) is 3.41. The highest BCUT2D eigenvalue weighted by molar-refractivity contribution is 5.80. The van der Waals surface area contributed by atoms with Gasteiger partial charge < -0.3 is 5.43 Å². The molecule has 0 bridgehead atoms. The third-order valence-corrected chi connectivity index (χ3v) is 3.26. The number of aromatic nitrogens is 1. The molecule has 2 aromatic carbocycles. The van der Waals surface area contributed by atoms with Gasteiger partial charge in [0.15, 0.2) is 12.4 Å². The first-order chi connectivity index (χ1) is 11.0. The average Bonchev–Trinajstić information content (AvgIpc) is 2.54. The van der Waals surface area contributed by atoms with Crippen LogP contribution in [0, 0.1) is 20.2 Å². The van der Waals surface area contributed by atoms with E-state index in [1.807, 2.05) is 30.3 Å². The summed E-state index contributed by atoms with van der Waals surface area (Å²) in [5.74, 6) is 0. The van der Waals surface area contributed by atoms with E-state index in [0.29, 0.717) is 0 Å². The predicted molar refractivity (Wildman–Crippen MR) is 82.3 cm³/mol. The van der Waals surface area contributed by atoms with Gasteiger partial charge in [-0.05, 0) is 17.1 Å². The van der Waals surface area contributed by atoms with Crippen molar-refractivity contribution in [2.24, 2.45) is 0 Å². The Bertz CT molecular complexity index is 926. The summed E-state index contributed by atoms with van der Waals surface area (Å²) in [4.78, 5) is 20.5. The minimum Gasteiger partial charge on any atom is -0.398 e. The van der Waals surface area contributed by atoms with Crippen LogP contribution in [0.25, 0.3) is 16.2 Å². The average molecular weight is 310 g/mol. The molecule has 0 N–H and O–H groups in total. The van der Waals surface area contributed by atoms with Gasteiger partial charge in [-0.25, -0.2) is 4.68 Å². The third-order valence-electron chi connectivity index (χ3n) is 3.26. The number of non-ortho nitro benzene ring substituents is 1. The van der Waals surface area contributed by atoms with E-state index in [4.69, 9.17) is 0 Å². The summed E-state index contributed by atoms with van der Waals surface area (Å²) in [6.07, 6.45) is 3.38. The molecule has 1 aromatic heterocycles. The fraction of sp³-hybridized carbons (Fsp3) is 0. The van der Waals surface area contributed by atoms with Crippen molar-refractivity contribution in [1.29, 1.82) is 0 Å². The van der Waals surface area contributed by atoms with Crippen molar-refractivity contribution in [1.82, 2.24) is 0 Å². The molecule has 8 heteroatoms. The number of hydrogen-bond donors (Lipinski definition) is 0. The molecule has 0 aliphatic rings. The van der Waals surface area contributed by atoms with Crippen LogP contribution in [-0.4, -0.2) is 9.85 Å². The number of nitro benzene ring substituents is 2. The van der Waals surface area contributed by atoms with E-state index in [2.05, 4.69) is 5.43 Å². The molecule has 0 spiro atoms. The Balaban J connectivity index is 2.00. The molecule has 3 rings (SSSR count). The summed E-state index contributed by atoms with van der Waals surface area (Å²) >= 11 is 0. The molecular formula is C15H10N4O4. The maximum absolute atomic E-state index is 11.1. The molecule has 23 heavy (non-hydrogen) atoms. The van der Waals surface area contributed by atoms with Crippen LogP contribution in [0.15, 0.2) is 60.9 Å². The van der Waals surface area contributed by atoms with Crippen LogP contribution in [0.5, 0.6) is 0 Å². The molecule has 1 heterocycles. The minimum atomic E-state index is -0.687. The third kappa shape index (κ3) is 2.91. The molecular weight excluding hydrogens is 300 g/mol. The first-order valence-corrected chi connectivity index (χ1v) is 6.59. The summed E-state index contributed by atoms with van der Waals surface area (Å²) in [5.41, 5.74) is 3.44. The van der Waals surface area contributed by atoms with Crippen LogP contribution in [-0.2, 0) is 0 Å². The lowest BCUT2D eigenvalue weighted by atomic mass is 10.2. The summed E-state index contributed by atoms with van der Waals surface area (Å²) in [6.45, 7) is 0. The number of hydrogen-bond acceptors (Lipinski definition) is 4. The Labute approximate surface area is 129 Å². The van der Waals surface area contributed by atoms with Gasteiger partial charge in [-0.2, -0.15) is 0 Å². The molecule has 0 saturated heterocycles. The fourth-order valence-electron chi connectivity index (χ4n) is 2.17. The lowest BCUT2D eigenvalue weighted by molar-refractivity contribution is -0.617. The van der Waals surface area contributed by atoms with Crippen molar-refractivity contribution in [3.63, 3.8) is 0 Å². The highest BCUT2D eigenvalue weighted by Gasteiger charge is 2.16. The molecule has 0 aliphatic heterocycles. The molecule has 0 saturated carbocycles. The van der Waals surface area contributed by atoms with Crippen molar-refractivity contribution < 1.29 is 14.5 Å². The number of benzene rings is 2. The van der Waals surface area contributed by atoms with E-state index in [1.54, 1.807) is 12.4 Å². The van der Waals surface area contributed by atoms with Crippen molar-refractivity contribution >= 4 is 27.8 Å². The summed E-state index contributed by atoms with van der Waals surface area (Å²) in [6, 6.07) is 12.8. The molecule has 0 unspecified atom stereocenters. The molecule has 0 fully saturated rings. The monoisotopic (exact) mass is 310 g/mol. The summed E-state index contributed by atoms with van der Waals surface area (Å²) < 4.78 is 1.44. The second kappa shape index (κ2) is 5.68. The molecule has 3 aromatic rings. The molecule has 8 nitrogen and oxygen atoms in total. The van der Waals surface area contributed by atoms with E-state index >= 15 is 0 Å². The molecule has 0 amide bonds. The van der Waals surface area contributed by atoms with Crippen molar-refractivity contribution in [2.75, 3.05) is 0 Å². The Morgan fingerprint density at radius 3 is 2.35 bits per heavy atom. The van der Waals surface area contributed by atoms with Crippen molar-refractivity contribution in [3.05, 3.63) is 86.6 Å². The number of pyridine rings is 1. The standard InChI is InChI=1S/C15H10N4O4/c20-18(21)13-5-6-14(15(9-13)19(22)23)16-17-8-7-11-3-1-2-4-12(11)10-17/h1-10H. The molecule has 114 valence electrons. The van der Waals surface area contributed by atoms with E-state index in [9.17, 15) is 20.2 Å². The first-order valence-electron chi connectivity index (χ1n) is 6.59. The topological polar surface area (TPSA) is 104 Å². The van der Waals surface area contributed by atoms with Gasteiger partial charge in [0.25, 0.3) is 11.4 Å². The minimum absolute atomic E-state index is 0.0425. The van der Waals surface area contributed by atoms with Gasteiger partial charge in [0.05, 0.1) is 15.9 Å². The highest BCUT2D eigenvalue weighted by atomic mass is 16.6. The zero-order valence-corrected chi connectivity index (χ0v) is 11.7. The first kappa shape index (κ1) is 14.4. The number of nitro groups is 2. The largest absolute Gasteiger partial charge is 0.398 e. The Morgan fingerprint density at radius 1 is 0.913 bits per heavy atom.